The fraction of sp³-hybridized carbons (Fsp3) is 0.800. The maximum atomic E-state index is 12.3. The van der Waals surface area contributed by atoms with Crippen LogP contribution in [-0.4, -0.2) is 34.9 Å². The molecule has 4 heteroatoms. The van der Waals surface area contributed by atoms with Crippen LogP contribution in [0.15, 0.2) is 48.6 Å². The van der Waals surface area contributed by atoms with Gasteiger partial charge in [0.15, 0.2) is 0 Å². The van der Waals surface area contributed by atoms with E-state index in [4.69, 9.17) is 0 Å². The molecule has 0 aliphatic carbocycles. The second-order valence-corrected chi connectivity index (χ2v) is 14.4. The van der Waals surface area contributed by atoms with Crippen LogP contribution in [0.5, 0.6) is 0 Å². The van der Waals surface area contributed by atoms with Crippen LogP contribution in [0.3, 0.4) is 0 Å². The van der Waals surface area contributed by atoms with Gasteiger partial charge < -0.3 is 15.5 Å². The Morgan fingerprint density at radius 2 is 0.837 bits per heavy atom. The predicted molar refractivity (Wildman–Crippen MR) is 216 cm³/mol. The molecular weight excluding hydrogens is 602 g/mol. The monoisotopic (exact) mass is 686 g/mol. The summed E-state index contributed by atoms with van der Waals surface area (Å²) in [6.07, 6.45) is 55.0. The fourth-order valence-corrected chi connectivity index (χ4v) is 6.24. The first-order valence-electron chi connectivity index (χ1n) is 21.4. The highest BCUT2D eigenvalue weighted by atomic mass is 16.3. The van der Waals surface area contributed by atoms with Gasteiger partial charge in [0.2, 0.25) is 5.91 Å². The molecule has 0 aromatic carbocycles. The Morgan fingerprint density at radius 3 is 1.24 bits per heavy atom. The third-order valence-electron chi connectivity index (χ3n) is 9.56. The molecule has 0 aliphatic heterocycles. The number of hydrogen-bond acceptors (Lipinski definition) is 3. The Bertz CT molecular complexity index is 786. The number of amides is 1. The van der Waals surface area contributed by atoms with Crippen LogP contribution in [0.2, 0.25) is 0 Å². The van der Waals surface area contributed by atoms with Crippen molar-refractivity contribution >= 4 is 5.91 Å². The van der Waals surface area contributed by atoms with Crippen LogP contribution in [0, 0.1) is 0 Å². The summed E-state index contributed by atoms with van der Waals surface area (Å²) in [5, 5.41) is 22.9. The van der Waals surface area contributed by atoms with Gasteiger partial charge in [0.25, 0.3) is 0 Å². The highest BCUT2D eigenvalue weighted by Crippen LogP contribution is 2.14. The number of unbranched alkanes of at least 4 members (excludes halogenated alkanes) is 25. The SMILES string of the molecule is CCCCCCC/C=C\C/C=C\C/C=C\CCCCCCCCCCCCCCC(=O)NC(CO)C(O)/C=C/CCCCCCCCCC. The van der Waals surface area contributed by atoms with Crippen molar-refractivity contribution in [2.75, 3.05) is 6.61 Å². The number of carbonyl (C=O) groups is 1. The maximum absolute atomic E-state index is 12.3. The first-order valence-corrected chi connectivity index (χ1v) is 21.4. The third kappa shape index (κ3) is 37.4. The van der Waals surface area contributed by atoms with E-state index in [1.807, 2.05) is 6.08 Å². The lowest BCUT2D eigenvalue weighted by Gasteiger charge is -2.20. The van der Waals surface area contributed by atoms with Gasteiger partial charge in [-0.1, -0.05) is 197 Å². The van der Waals surface area contributed by atoms with Crippen LogP contribution in [0.25, 0.3) is 0 Å². The lowest BCUT2D eigenvalue weighted by atomic mass is 10.0. The summed E-state index contributed by atoms with van der Waals surface area (Å²) < 4.78 is 0. The van der Waals surface area contributed by atoms with E-state index in [1.165, 1.54) is 154 Å². The number of aliphatic hydroxyl groups excluding tert-OH is 2. The van der Waals surface area contributed by atoms with E-state index in [1.54, 1.807) is 6.08 Å². The van der Waals surface area contributed by atoms with Crippen LogP contribution >= 0.6 is 0 Å². The zero-order valence-corrected chi connectivity index (χ0v) is 32.7. The van der Waals surface area contributed by atoms with Gasteiger partial charge in [-0.25, -0.2) is 0 Å². The summed E-state index contributed by atoms with van der Waals surface area (Å²) in [5.41, 5.74) is 0. The van der Waals surface area contributed by atoms with Gasteiger partial charge >= 0.3 is 0 Å². The first-order chi connectivity index (χ1) is 24.2. The number of carbonyl (C=O) groups excluding carboxylic acids is 1. The van der Waals surface area contributed by atoms with E-state index >= 15 is 0 Å². The van der Waals surface area contributed by atoms with Gasteiger partial charge in [0.05, 0.1) is 18.8 Å². The lowest BCUT2D eigenvalue weighted by molar-refractivity contribution is -0.123. The molecule has 0 bridgehead atoms. The van der Waals surface area contributed by atoms with Crippen LogP contribution < -0.4 is 5.32 Å². The molecule has 49 heavy (non-hydrogen) atoms. The first kappa shape index (κ1) is 47.4. The molecule has 0 fully saturated rings. The minimum Gasteiger partial charge on any atom is -0.394 e. The molecule has 4 nitrogen and oxygen atoms in total. The normalized spacial score (nSPS) is 13.5. The molecule has 0 aromatic rings. The van der Waals surface area contributed by atoms with Gasteiger partial charge in [-0.2, -0.15) is 0 Å². The fourth-order valence-electron chi connectivity index (χ4n) is 6.24. The average molecular weight is 686 g/mol. The Kier molecular flexibility index (Phi) is 39.4. The highest BCUT2D eigenvalue weighted by molar-refractivity contribution is 5.76. The third-order valence-corrected chi connectivity index (χ3v) is 9.56. The molecule has 1 amide bonds. The second kappa shape index (κ2) is 40.8. The lowest BCUT2D eigenvalue weighted by Crippen LogP contribution is -2.45. The van der Waals surface area contributed by atoms with E-state index in [9.17, 15) is 15.0 Å². The van der Waals surface area contributed by atoms with Gasteiger partial charge in [-0.05, 0) is 57.8 Å². The van der Waals surface area contributed by atoms with Crippen molar-refractivity contribution in [2.45, 2.75) is 225 Å². The van der Waals surface area contributed by atoms with Crippen molar-refractivity contribution in [1.82, 2.24) is 5.32 Å². The summed E-state index contributed by atoms with van der Waals surface area (Å²) in [7, 11) is 0. The van der Waals surface area contributed by atoms with Crippen molar-refractivity contribution in [3.8, 4) is 0 Å². The van der Waals surface area contributed by atoms with Crippen molar-refractivity contribution < 1.29 is 15.0 Å². The smallest absolute Gasteiger partial charge is 0.220 e. The number of hydrogen-bond donors (Lipinski definition) is 3. The summed E-state index contributed by atoms with van der Waals surface area (Å²) in [6, 6.07) is -0.621. The maximum Gasteiger partial charge on any atom is 0.220 e. The van der Waals surface area contributed by atoms with E-state index in [0.29, 0.717) is 6.42 Å². The summed E-state index contributed by atoms with van der Waals surface area (Å²) in [4.78, 5) is 12.3. The quantitative estimate of drug-likeness (QED) is 0.0447. The van der Waals surface area contributed by atoms with Crippen molar-refractivity contribution in [3.05, 3.63) is 48.6 Å². The van der Waals surface area contributed by atoms with Gasteiger partial charge in [0.1, 0.15) is 0 Å². The van der Waals surface area contributed by atoms with Crippen LogP contribution in [-0.2, 0) is 4.79 Å². The number of aliphatic hydroxyl groups is 2. The van der Waals surface area contributed by atoms with E-state index in [-0.39, 0.29) is 12.5 Å². The summed E-state index contributed by atoms with van der Waals surface area (Å²) >= 11 is 0. The van der Waals surface area contributed by atoms with Gasteiger partial charge in [0, 0.05) is 6.42 Å². The number of allylic oxidation sites excluding steroid dienone is 7. The molecule has 3 N–H and O–H groups in total. The molecule has 0 aliphatic rings. The van der Waals surface area contributed by atoms with Gasteiger partial charge in [-0.15, -0.1) is 0 Å². The number of rotatable bonds is 38. The molecule has 0 rings (SSSR count). The van der Waals surface area contributed by atoms with E-state index in [2.05, 4.69) is 55.6 Å². The predicted octanol–water partition coefficient (Wildman–Crippen LogP) is 13.2. The zero-order chi connectivity index (χ0) is 35.7. The Labute approximate surface area is 305 Å². The molecule has 2 unspecified atom stereocenters. The molecule has 0 heterocycles. The molecule has 286 valence electrons. The molecule has 0 saturated heterocycles. The molecular formula is C45H83NO3. The van der Waals surface area contributed by atoms with Crippen LogP contribution in [0.4, 0.5) is 0 Å². The molecule has 0 radical (unpaired) electrons. The van der Waals surface area contributed by atoms with Crippen molar-refractivity contribution in [3.63, 3.8) is 0 Å². The average Bonchev–Trinajstić information content (AvgIpc) is 3.10. The Balaban J connectivity index is 3.53. The largest absolute Gasteiger partial charge is 0.394 e. The van der Waals surface area contributed by atoms with Gasteiger partial charge in [-0.3, -0.25) is 4.79 Å². The zero-order valence-electron chi connectivity index (χ0n) is 32.7. The Hall–Kier alpha value is -1.65. The van der Waals surface area contributed by atoms with Crippen LogP contribution in [0.1, 0.15) is 213 Å². The minimum atomic E-state index is -0.838. The topological polar surface area (TPSA) is 69.6 Å². The minimum absolute atomic E-state index is 0.0693. The molecule has 0 spiro atoms. The second-order valence-electron chi connectivity index (χ2n) is 14.4. The number of nitrogens with one attached hydrogen (secondary N) is 1. The summed E-state index contributed by atoms with van der Waals surface area (Å²) in [5.74, 6) is -0.0693. The van der Waals surface area contributed by atoms with Crippen molar-refractivity contribution in [1.29, 1.82) is 0 Å². The van der Waals surface area contributed by atoms with Crippen molar-refractivity contribution in [2.24, 2.45) is 0 Å². The standard InChI is InChI=1S/C45H83NO3/c1-3-5-7-9-11-13-15-16-17-18-19-20-21-22-23-24-25-26-27-28-29-30-31-33-35-37-39-41-45(49)46-43(42-47)44(48)40-38-36-34-32-14-12-10-8-6-4-2/h15-16,18-19,21-22,38,40,43-44,47-48H,3-14,17,20,23-37,39,41-42H2,1-2H3,(H,46,49)/b16-15-,19-18-,22-21-,40-38+. The summed E-state index contributed by atoms with van der Waals surface area (Å²) in [6.45, 7) is 4.27. The van der Waals surface area contributed by atoms with E-state index in [0.717, 1.165) is 38.5 Å². The molecule has 2 atom stereocenters. The highest BCUT2D eigenvalue weighted by Gasteiger charge is 2.17. The molecule has 0 saturated carbocycles. The van der Waals surface area contributed by atoms with E-state index < -0.39 is 12.1 Å². The Morgan fingerprint density at radius 1 is 0.490 bits per heavy atom. The molecule has 0 aromatic heterocycles.